The lowest BCUT2D eigenvalue weighted by molar-refractivity contribution is 0.866. The number of H-pyrrole nitrogens is 1. The molecule has 0 aliphatic heterocycles. The molecule has 0 spiro atoms. The minimum Gasteiger partial charge on any atom is -0.384 e. The quantitative estimate of drug-likeness (QED) is 0.543. The molecule has 0 bridgehead atoms. The Hall–Kier alpha value is -1.96. The van der Waals surface area contributed by atoms with Gasteiger partial charge in [-0.05, 0) is 31.2 Å². The molecule has 0 unspecified atom stereocenters. The Morgan fingerprint density at radius 1 is 1.41 bits per heavy atom. The number of hydrogen-bond donors (Lipinski definition) is 3. The molecule has 0 saturated heterocycles. The number of rotatable bonds is 3. The van der Waals surface area contributed by atoms with Crippen molar-refractivity contribution in [2.45, 2.75) is 24.0 Å². The molecule has 0 aliphatic carbocycles. The van der Waals surface area contributed by atoms with E-state index in [2.05, 4.69) is 25.4 Å². The van der Waals surface area contributed by atoms with Gasteiger partial charge >= 0.3 is 0 Å². The molecule has 0 atom stereocenters. The first-order valence-electron chi connectivity index (χ1n) is 4.81. The van der Waals surface area contributed by atoms with E-state index in [1.54, 1.807) is 0 Å². The van der Waals surface area contributed by atoms with E-state index in [1.807, 2.05) is 13.8 Å². The number of nitrogen functional groups attached to an aromatic ring is 1. The molecule has 0 aliphatic rings. The summed E-state index contributed by atoms with van der Waals surface area (Å²) in [6.07, 6.45) is 1.41. The molecule has 4 N–H and O–H groups in total. The number of nitrogens with zero attached hydrogens (tertiary/aromatic N) is 4. The Kier molecular flexibility index (Phi) is 3.05. The van der Waals surface area contributed by atoms with Crippen molar-refractivity contribution in [3.63, 3.8) is 0 Å². The SMILES string of the molecule is Cc1nnc(Sc2ncn[nH]2)c(C(=N)N)c1C. The second-order valence-electron chi connectivity index (χ2n) is 3.40. The number of nitrogens with two attached hydrogens (primary N) is 1. The summed E-state index contributed by atoms with van der Waals surface area (Å²) in [7, 11) is 0. The molecular weight excluding hydrogens is 238 g/mol. The van der Waals surface area contributed by atoms with Crippen molar-refractivity contribution in [1.82, 2.24) is 25.4 Å². The van der Waals surface area contributed by atoms with Crippen molar-refractivity contribution in [2.24, 2.45) is 5.73 Å². The van der Waals surface area contributed by atoms with Crippen LogP contribution in [0.3, 0.4) is 0 Å². The van der Waals surface area contributed by atoms with Gasteiger partial charge in [0.1, 0.15) is 17.2 Å². The van der Waals surface area contributed by atoms with E-state index >= 15 is 0 Å². The zero-order valence-electron chi connectivity index (χ0n) is 9.35. The number of amidine groups is 1. The summed E-state index contributed by atoms with van der Waals surface area (Å²) < 4.78 is 0. The standard InChI is InChI=1S/C9H11N7S/c1-4-5(2)14-15-8(6(4)7(10)11)17-9-12-3-13-16-9/h3H,1-2H3,(H3,10,11)(H,12,13,16). The molecule has 2 rings (SSSR count). The van der Waals surface area contributed by atoms with E-state index in [9.17, 15) is 0 Å². The fraction of sp³-hybridized carbons (Fsp3) is 0.222. The average molecular weight is 249 g/mol. The molecule has 8 heteroatoms. The Labute approximate surface area is 102 Å². The first kappa shape index (κ1) is 11.5. The Bertz CT molecular complexity index is 549. The van der Waals surface area contributed by atoms with Gasteiger partial charge in [0.05, 0.1) is 11.3 Å². The van der Waals surface area contributed by atoms with Gasteiger partial charge in [0.2, 0.25) is 0 Å². The Morgan fingerprint density at radius 2 is 2.18 bits per heavy atom. The van der Waals surface area contributed by atoms with E-state index in [1.165, 1.54) is 18.1 Å². The van der Waals surface area contributed by atoms with Crippen LogP contribution in [0.25, 0.3) is 0 Å². The molecule has 2 aromatic rings. The van der Waals surface area contributed by atoms with E-state index in [0.29, 0.717) is 15.7 Å². The lowest BCUT2D eigenvalue weighted by Crippen LogP contribution is -2.16. The molecule has 0 aromatic carbocycles. The van der Waals surface area contributed by atoms with Crippen LogP contribution in [-0.4, -0.2) is 31.2 Å². The first-order valence-corrected chi connectivity index (χ1v) is 5.62. The van der Waals surface area contributed by atoms with Crippen molar-refractivity contribution < 1.29 is 0 Å². The number of aromatic nitrogens is 5. The number of aromatic amines is 1. The fourth-order valence-corrected chi connectivity index (χ4v) is 2.14. The van der Waals surface area contributed by atoms with Crippen LogP contribution in [0.5, 0.6) is 0 Å². The Balaban J connectivity index is 2.47. The van der Waals surface area contributed by atoms with Crippen molar-refractivity contribution in [1.29, 1.82) is 5.41 Å². The highest BCUT2D eigenvalue weighted by molar-refractivity contribution is 7.99. The van der Waals surface area contributed by atoms with Gasteiger partial charge in [-0.2, -0.15) is 10.2 Å². The highest BCUT2D eigenvalue weighted by Crippen LogP contribution is 2.27. The molecule has 7 nitrogen and oxygen atoms in total. The summed E-state index contributed by atoms with van der Waals surface area (Å²) in [6, 6.07) is 0. The van der Waals surface area contributed by atoms with Gasteiger partial charge in [-0.3, -0.25) is 10.5 Å². The third kappa shape index (κ3) is 2.26. The van der Waals surface area contributed by atoms with Gasteiger partial charge in [0.15, 0.2) is 5.16 Å². The van der Waals surface area contributed by atoms with Gasteiger partial charge in [0, 0.05) is 0 Å². The predicted molar refractivity (Wildman–Crippen MR) is 63.0 cm³/mol. The van der Waals surface area contributed by atoms with Gasteiger partial charge in [0.25, 0.3) is 0 Å². The van der Waals surface area contributed by atoms with Crippen LogP contribution >= 0.6 is 11.8 Å². The van der Waals surface area contributed by atoms with Gasteiger partial charge in [-0.25, -0.2) is 4.98 Å². The third-order valence-corrected chi connectivity index (χ3v) is 3.15. The van der Waals surface area contributed by atoms with Crippen molar-refractivity contribution in [3.05, 3.63) is 23.1 Å². The van der Waals surface area contributed by atoms with E-state index < -0.39 is 0 Å². The lowest BCUT2D eigenvalue weighted by atomic mass is 10.1. The summed E-state index contributed by atoms with van der Waals surface area (Å²) >= 11 is 1.25. The topological polar surface area (TPSA) is 117 Å². The van der Waals surface area contributed by atoms with Gasteiger partial charge in [-0.15, -0.1) is 5.10 Å². The minimum absolute atomic E-state index is 0.0254. The van der Waals surface area contributed by atoms with Gasteiger partial charge in [-0.1, -0.05) is 0 Å². The normalized spacial score (nSPS) is 10.5. The third-order valence-electron chi connectivity index (χ3n) is 2.28. The highest BCUT2D eigenvalue weighted by Gasteiger charge is 2.15. The molecule has 2 aromatic heterocycles. The monoisotopic (exact) mass is 249 g/mol. The first-order chi connectivity index (χ1) is 8.09. The number of nitrogens with one attached hydrogen (secondary N) is 2. The van der Waals surface area contributed by atoms with Crippen LogP contribution in [0.15, 0.2) is 16.5 Å². The van der Waals surface area contributed by atoms with E-state index in [-0.39, 0.29) is 5.84 Å². The second kappa shape index (κ2) is 4.50. The molecule has 17 heavy (non-hydrogen) atoms. The molecule has 2 heterocycles. The largest absolute Gasteiger partial charge is 0.384 e. The number of aryl methyl sites for hydroxylation is 1. The van der Waals surface area contributed by atoms with Crippen LogP contribution in [0.1, 0.15) is 16.8 Å². The predicted octanol–water partition coefficient (Wildman–Crippen LogP) is 0.647. The minimum atomic E-state index is -0.0254. The number of hydrogen-bond acceptors (Lipinski definition) is 6. The van der Waals surface area contributed by atoms with Gasteiger partial charge < -0.3 is 5.73 Å². The second-order valence-corrected chi connectivity index (χ2v) is 4.37. The van der Waals surface area contributed by atoms with Crippen molar-refractivity contribution >= 4 is 17.6 Å². The molecule has 0 fully saturated rings. The summed E-state index contributed by atoms with van der Waals surface area (Å²) in [5, 5.41) is 23.2. The maximum atomic E-state index is 7.59. The summed E-state index contributed by atoms with van der Waals surface area (Å²) in [5.41, 5.74) is 7.78. The smallest absolute Gasteiger partial charge is 0.189 e. The molecular formula is C9H11N7S. The molecule has 0 radical (unpaired) electrons. The highest BCUT2D eigenvalue weighted by atomic mass is 32.2. The van der Waals surface area contributed by atoms with Crippen molar-refractivity contribution in [3.8, 4) is 0 Å². The van der Waals surface area contributed by atoms with Crippen LogP contribution in [0.2, 0.25) is 0 Å². The van der Waals surface area contributed by atoms with Crippen LogP contribution in [0, 0.1) is 19.3 Å². The van der Waals surface area contributed by atoms with E-state index in [4.69, 9.17) is 11.1 Å². The summed E-state index contributed by atoms with van der Waals surface area (Å²) in [5.74, 6) is -0.0254. The maximum absolute atomic E-state index is 7.59. The van der Waals surface area contributed by atoms with Crippen LogP contribution in [0.4, 0.5) is 0 Å². The molecule has 0 saturated carbocycles. The lowest BCUT2D eigenvalue weighted by Gasteiger charge is -2.09. The fourth-order valence-electron chi connectivity index (χ4n) is 1.31. The molecule has 0 amide bonds. The van der Waals surface area contributed by atoms with Crippen molar-refractivity contribution in [2.75, 3.05) is 0 Å². The van der Waals surface area contributed by atoms with E-state index in [0.717, 1.165) is 11.3 Å². The maximum Gasteiger partial charge on any atom is 0.189 e. The van der Waals surface area contributed by atoms with Crippen LogP contribution < -0.4 is 5.73 Å². The molecule has 88 valence electrons. The Morgan fingerprint density at radius 3 is 2.76 bits per heavy atom. The summed E-state index contributed by atoms with van der Waals surface area (Å²) in [4.78, 5) is 3.98. The summed E-state index contributed by atoms with van der Waals surface area (Å²) in [6.45, 7) is 3.70. The average Bonchev–Trinajstić information content (AvgIpc) is 2.76. The zero-order valence-corrected chi connectivity index (χ0v) is 10.2. The zero-order chi connectivity index (χ0) is 12.4. The van der Waals surface area contributed by atoms with Crippen LogP contribution in [-0.2, 0) is 0 Å².